The summed E-state index contributed by atoms with van der Waals surface area (Å²) in [5.41, 5.74) is 0.863. The van der Waals surface area contributed by atoms with Gasteiger partial charge in [-0.05, 0) is 12.0 Å². The van der Waals surface area contributed by atoms with Crippen LogP contribution in [-0.4, -0.2) is 45.5 Å². The standard InChI is InChI=1S/C16H20N2O4S/c1-11(19)18-10-23-9-14(18)16(22)17-13(7-8-15(20)21)12-5-3-2-4-6-12/h2-6,13-14H,7-10H2,1H3,(H,17,22)(H,20,21). The molecule has 1 aliphatic rings. The van der Waals surface area contributed by atoms with E-state index < -0.39 is 12.0 Å². The second-order valence-corrected chi connectivity index (χ2v) is 6.41. The van der Waals surface area contributed by atoms with Crippen LogP contribution in [0.3, 0.4) is 0 Å². The molecule has 23 heavy (non-hydrogen) atoms. The monoisotopic (exact) mass is 336 g/mol. The van der Waals surface area contributed by atoms with E-state index in [1.807, 2.05) is 30.3 Å². The zero-order chi connectivity index (χ0) is 16.8. The number of aliphatic carboxylic acids is 1. The Morgan fingerprint density at radius 1 is 1.35 bits per heavy atom. The summed E-state index contributed by atoms with van der Waals surface area (Å²) < 4.78 is 0. The van der Waals surface area contributed by atoms with Crippen molar-refractivity contribution < 1.29 is 19.5 Å². The van der Waals surface area contributed by atoms with Crippen LogP contribution in [-0.2, 0) is 14.4 Å². The fourth-order valence-electron chi connectivity index (χ4n) is 2.51. The first-order chi connectivity index (χ1) is 11.0. The van der Waals surface area contributed by atoms with Gasteiger partial charge in [-0.15, -0.1) is 11.8 Å². The Morgan fingerprint density at radius 2 is 2.04 bits per heavy atom. The molecule has 1 heterocycles. The molecule has 1 fully saturated rings. The van der Waals surface area contributed by atoms with Gasteiger partial charge in [0.2, 0.25) is 11.8 Å². The van der Waals surface area contributed by atoms with Crippen molar-refractivity contribution in [1.82, 2.24) is 10.2 Å². The van der Waals surface area contributed by atoms with Crippen molar-refractivity contribution in [3.8, 4) is 0 Å². The predicted octanol–water partition coefficient (Wildman–Crippen LogP) is 1.63. The quantitative estimate of drug-likeness (QED) is 0.824. The summed E-state index contributed by atoms with van der Waals surface area (Å²) in [6.07, 6.45) is 0.278. The lowest BCUT2D eigenvalue weighted by molar-refractivity contribution is -0.138. The van der Waals surface area contributed by atoms with E-state index in [9.17, 15) is 14.4 Å². The van der Waals surface area contributed by atoms with Crippen LogP contribution in [0.2, 0.25) is 0 Å². The number of nitrogens with zero attached hydrogens (tertiary/aromatic N) is 1. The Kier molecular flexibility index (Phi) is 6.04. The van der Waals surface area contributed by atoms with E-state index in [0.29, 0.717) is 18.1 Å². The third kappa shape index (κ3) is 4.72. The highest BCUT2D eigenvalue weighted by molar-refractivity contribution is 7.99. The van der Waals surface area contributed by atoms with Crippen molar-refractivity contribution in [2.24, 2.45) is 0 Å². The van der Waals surface area contributed by atoms with E-state index in [1.165, 1.54) is 18.7 Å². The predicted molar refractivity (Wildman–Crippen MR) is 87.8 cm³/mol. The SMILES string of the molecule is CC(=O)N1CSCC1C(=O)NC(CCC(=O)O)c1ccccc1. The molecular weight excluding hydrogens is 316 g/mol. The minimum atomic E-state index is -0.901. The Bertz CT molecular complexity index is 579. The Balaban J connectivity index is 2.09. The molecule has 0 aliphatic carbocycles. The number of nitrogens with one attached hydrogen (secondary N) is 1. The van der Waals surface area contributed by atoms with Gasteiger partial charge in [0, 0.05) is 19.1 Å². The van der Waals surface area contributed by atoms with Crippen molar-refractivity contribution in [2.75, 3.05) is 11.6 Å². The molecule has 1 saturated heterocycles. The average Bonchev–Trinajstić information content (AvgIpc) is 3.02. The van der Waals surface area contributed by atoms with Gasteiger partial charge < -0.3 is 15.3 Å². The lowest BCUT2D eigenvalue weighted by Crippen LogP contribution is -2.47. The largest absolute Gasteiger partial charge is 0.481 e. The zero-order valence-electron chi connectivity index (χ0n) is 12.9. The molecule has 2 rings (SSSR count). The fraction of sp³-hybridized carbons (Fsp3) is 0.438. The number of benzene rings is 1. The number of thioether (sulfide) groups is 1. The number of hydrogen-bond acceptors (Lipinski definition) is 4. The molecule has 2 N–H and O–H groups in total. The van der Waals surface area contributed by atoms with Crippen LogP contribution in [0.15, 0.2) is 30.3 Å². The molecule has 1 aromatic rings. The molecule has 2 unspecified atom stereocenters. The summed E-state index contributed by atoms with van der Waals surface area (Å²) in [5, 5.41) is 11.8. The number of carbonyl (C=O) groups is 3. The van der Waals surface area contributed by atoms with Crippen LogP contribution in [0.4, 0.5) is 0 Å². The van der Waals surface area contributed by atoms with E-state index in [2.05, 4.69) is 5.32 Å². The van der Waals surface area contributed by atoms with Crippen molar-refractivity contribution in [2.45, 2.75) is 31.8 Å². The molecular formula is C16H20N2O4S. The highest BCUT2D eigenvalue weighted by Gasteiger charge is 2.34. The van der Waals surface area contributed by atoms with Gasteiger partial charge in [-0.3, -0.25) is 14.4 Å². The number of carboxylic acid groups (broad SMARTS) is 1. The molecule has 7 heteroatoms. The summed E-state index contributed by atoms with van der Waals surface area (Å²) >= 11 is 1.54. The van der Waals surface area contributed by atoms with E-state index in [0.717, 1.165) is 5.56 Å². The summed E-state index contributed by atoms with van der Waals surface area (Å²) in [7, 11) is 0. The smallest absolute Gasteiger partial charge is 0.303 e. The summed E-state index contributed by atoms with van der Waals surface area (Å²) in [4.78, 5) is 36.5. The first kappa shape index (κ1) is 17.3. The molecule has 124 valence electrons. The van der Waals surface area contributed by atoms with Gasteiger partial charge in [0.1, 0.15) is 6.04 Å². The minimum absolute atomic E-state index is 0.0321. The van der Waals surface area contributed by atoms with Gasteiger partial charge in [0.15, 0.2) is 0 Å². The Hall–Kier alpha value is -2.02. The van der Waals surface area contributed by atoms with Crippen LogP contribution in [0.1, 0.15) is 31.4 Å². The van der Waals surface area contributed by atoms with Crippen molar-refractivity contribution in [3.63, 3.8) is 0 Å². The van der Waals surface area contributed by atoms with E-state index in [1.54, 1.807) is 4.90 Å². The second-order valence-electron chi connectivity index (χ2n) is 5.41. The Labute approximate surface area is 139 Å². The first-order valence-electron chi connectivity index (χ1n) is 7.41. The number of rotatable bonds is 6. The molecule has 0 radical (unpaired) electrons. The summed E-state index contributed by atoms with van der Waals surface area (Å²) in [6, 6.07) is 8.42. The van der Waals surface area contributed by atoms with Gasteiger partial charge in [-0.25, -0.2) is 0 Å². The van der Waals surface area contributed by atoms with Crippen LogP contribution >= 0.6 is 11.8 Å². The van der Waals surface area contributed by atoms with Crippen molar-refractivity contribution >= 4 is 29.5 Å². The van der Waals surface area contributed by atoms with Crippen LogP contribution < -0.4 is 5.32 Å². The maximum Gasteiger partial charge on any atom is 0.303 e. The lowest BCUT2D eigenvalue weighted by atomic mass is 10.0. The lowest BCUT2D eigenvalue weighted by Gasteiger charge is -2.25. The number of carboxylic acids is 1. The van der Waals surface area contributed by atoms with Gasteiger partial charge in [0.25, 0.3) is 0 Å². The molecule has 2 amide bonds. The van der Waals surface area contributed by atoms with Gasteiger partial charge in [-0.2, -0.15) is 0 Å². The topological polar surface area (TPSA) is 86.7 Å². The molecule has 1 aromatic carbocycles. The molecule has 0 saturated carbocycles. The minimum Gasteiger partial charge on any atom is -0.481 e. The maximum absolute atomic E-state index is 12.5. The molecule has 1 aliphatic heterocycles. The fourth-order valence-corrected chi connectivity index (χ4v) is 3.73. The molecule has 2 atom stereocenters. The number of amides is 2. The number of carbonyl (C=O) groups excluding carboxylic acids is 2. The molecule has 0 aromatic heterocycles. The summed E-state index contributed by atoms with van der Waals surface area (Å²) in [5.74, 6) is -0.187. The maximum atomic E-state index is 12.5. The van der Waals surface area contributed by atoms with Gasteiger partial charge >= 0.3 is 5.97 Å². The van der Waals surface area contributed by atoms with Gasteiger partial charge in [0.05, 0.1) is 11.9 Å². The van der Waals surface area contributed by atoms with Crippen molar-refractivity contribution in [1.29, 1.82) is 0 Å². The van der Waals surface area contributed by atoms with Crippen LogP contribution in [0, 0.1) is 0 Å². The Morgan fingerprint density at radius 3 is 2.65 bits per heavy atom. The molecule has 0 bridgehead atoms. The zero-order valence-corrected chi connectivity index (χ0v) is 13.7. The third-order valence-electron chi connectivity index (χ3n) is 3.75. The van der Waals surface area contributed by atoms with E-state index >= 15 is 0 Å². The van der Waals surface area contributed by atoms with E-state index in [-0.39, 0.29) is 24.3 Å². The highest BCUT2D eigenvalue weighted by atomic mass is 32.2. The number of hydrogen-bond donors (Lipinski definition) is 2. The van der Waals surface area contributed by atoms with Gasteiger partial charge in [-0.1, -0.05) is 30.3 Å². The van der Waals surface area contributed by atoms with Crippen LogP contribution in [0.5, 0.6) is 0 Å². The normalized spacial score (nSPS) is 18.5. The second kappa shape index (κ2) is 8.01. The molecule has 0 spiro atoms. The molecule has 6 nitrogen and oxygen atoms in total. The highest BCUT2D eigenvalue weighted by Crippen LogP contribution is 2.23. The van der Waals surface area contributed by atoms with E-state index in [4.69, 9.17) is 5.11 Å². The average molecular weight is 336 g/mol. The van der Waals surface area contributed by atoms with Crippen molar-refractivity contribution in [3.05, 3.63) is 35.9 Å². The summed E-state index contributed by atoms with van der Waals surface area (Å²) in [6.45, 7) is 1.45. The first-order valence-corrected chi connectivity index (χ1v) is 8.56. The van der Waals surface area contributed by atoms with Crippen LogP contribution in [0.25, 0.3) is 0 Å². The third-order valence-corrected chi connectivity index (χ3v) is 4.77.